The van der Waals surface area contributed by atoms with E-state index in [1.807, 2.05) is 35.2 Å². The van der Waals surface area contributed by atoms with E-state index in [1.165, 1.54) is 18.2 Å². The summed E-state index contributed by atoms with van der Waals surface area (Å²) in [5.74, 6) is -0.913. The maximum absolute atomic E-state index is 12.8. The minimum absolute atomic E-state index is 0.0126. The molecular formula is C27H26F3N5O4S. The van der Waals surface area contributed by atoms with E-state index in [9.17, 15) is 22.8 Å². The topological polar surface area (TPSA) is 109 Å². The van der Waals surface area contributed by atoms with Crippen molar-refractivity contribution >= 4 is 40.1 Å². The molecule has 1 aliphatic heterocycles. The minimum atomic E-state index is -4.92. The fraction of sp³-hybridized carbons (Fsp3) is 0.333. The lowest BCUT2D eigenvalue weighted by atomic mass is 9.99. The molecule has 2 aromatic heterocycles. The van der Waals surface area contributed by atoms with Crippen LogP contribution in [0, 0.1) is 5.92 Å². The van der Waals surface area contributed by atoms with Crippen LogP contribution in [0.3, 0.4) is 0 Å². The van der Waals surface area contributed by atoms with Gasteiger partial charge in [-0.15, -0.1) is 13.2 Å². The van der Waals surface area contributed by atoms with Crippen LogP contribution in [0.1, 0.15) is 28.9 Å². The van der Waals surface area contributed by atoms with Gasteiger partial charge in [0.05, 0.1) is 35.4 Å². The number of nitrogens with one attached hydrogen (secondary N) is 1. The maximum atomic E-state index is 12.8. The summed E-state index contributed by atoms with van der Waals surface area (Å²) in [6, 6.07) is 14.6. The number of piperidine rings is 1. The monoisotopic (exact) mass is 573 g/mol. The van der Waals surface area contributed by atoms with E-state index in [-0.39, 0.29) is 18.7 Å². The summed E-state index contributed by atoms with van der Waals surface area (Å²) in [7, 11) is 0. The van der Waals surface area contributed by atoms with E-state index in [1.54, 1.807) is 16.3 Å². The molecule has 1 amide bonds. The van der Waals surface area contributed by atoms with E-state index >= 15 is 0 Å². The second kappa shape index (κ2) is 11.7. The van der Waals surface area contributed by atoms with Crippen molar-refractivity contribution in [2.24, 2.45) is 5.92 Å². The largest absolute Gasteiger partial charge is 0.573 e. The zero-order valence-corrected chi connectivity index (χ0v) is 22.0. The van der Waals surface area contributed by atoms with Gasteiger partial charge >= 0.3 is 12.3 Å². The summed E-state index contributed by atoms with van der Waals surface area (Å²) in [4.78, 5) is 30.5. The number of hydrogen-bond acceptors (Lipinski definition) is 7. The number of halogens is 3. The fourth-order valence-electron chi connectivity index (χ4n) is 4.71. The van der Waals surface area contributed by atoms with Gasteiger partial charge in [0.25, 0.3) is 5.91 Å². The molecule has 9 nitrogen and oxygen atoms in total. The van der Waals surface area contributed by atoms with Crippen LogP contribution in [0.25, 0.3) is 16.4 Å². The number of alkyl halides is 3. The Morgan fingerprint density at radius 2 is 1.82 bits per heavy atom. The lowest BCUT2D eigenvalue weighted by molar-refractivity contribution is -0.274. The summed E-state index contributed by atoms with van der Waals surface area (Å²) in [5.41, 5.74) is 1.88. The Hall–Kier alpha value is -3.84. The highest BCUT2D eigenvalue weighted by Crippen LogP contribution is 2.30. The highest BCUT2D eigenvalue weighted by molar-refractivity contribution is 7.99. The Morgan fingerprint density at radius 3 is 2.58 bits per heavy atom. The Kier molecular flexibility index (Phi) is 8.12. The molecule has 210 valence electrons. The number of carboxylic acids is 1. The number of nitrogens with zero attached hydrogens (tertiary/aromatic N) is 4. The fourth-order valence-corrected chi connectivity index (χ4v) is 5.86. The molecule has 0 aliphatic carbocycles. The third-order valence-electron chi connectivity index (χ3n) is 6.64. The van der Waals surface area contributed by atoms with E-state index < -0.39 is 24.0 Å². The van der Waals surface area contributed by atoms with Crippen LogP contribution >= 0.6 is 11.8 Å². The first-order valence-corrected chi connectivity index (χ1v) is 13.6. The van der Waals surface area contributed by atoms with Gasteiger partial charge in [-0.1, -0.05) is 42.1 Å². The highest BCUT2D eigenvalue weighted by atomic mass is 32.2. The molecule has 0 spiro atoms. The quantitative estimate of drug-likeness (QED) is 0.221. The number of rotatable bonds is 9. The SMILES string of the molecule is O=C(O)CN1CCC(CSc2nc3ccccc3c3cc(CNC(=O)c4ccccc4OC(F)(F)F)nn23)CC1. The lowest BCUT2D eigenvalue weighted by Crippen LogP contribution is -2.37. The van der Waals surface area contributed by atoms with Crippen molar-refractivity contribution in [3.8, 4) is 5.75 Å². The average molecular weight is 574 g/mol. The van der Waals surface area contributed by atoms with Gasteiger partial charge in [-0.3, -0.25) is 14.5 Å². The van der Waals surface area contributed by atoms with Gasteiger partial charge in [0.1, 0.15) is 5.75 Å². The maximum Gasteiger partial charge on any atom is 0.573 e. The van der Waals surface area contributed by atoms with Gasteiger partial charge in [0.15, 0.2) is 5.16 Å². The van der Waals surface area contributed by atoms with Gasteiger partial charge in [0.2, 0.25) is 0 Å². The minimum Gasteiger partial charge on any atom is -0.480 e. The van der Waals surface area contributed by atoms with Gasteiger partial charge in [-0.25, -0.2) is 9.50 Å². The molecule has 0 unspecified atom stereocenters. The number of amides is 1. The lowest BCUT2D eigenvalue weighted by Gasteiger charge is -2.30. The molecule has 2 aromatic carbocycles. The predicted octanol–water partition coefficient (Wildman–Crippen LogP) is 4.60. The van der Waals surface area contributed by atoms with Crippen LogP contribution in [-0.2, 0) is 11.3 Å². The molecule has 1 saturated heterocycles. The molecule has 0 bridgehead atoms. The number of carbonyl (C=O) groups is 2. The Morgan fingerprint density at radius 1 is 1.10 bits per heavy atom. The molecule has 5 rings (SSSR count). The number of carbonyl (C=O) groups excluding carboxylic acids is 1. The second-order valence-corrected chi connectivity index (χ2v) is 10.5. The highest BCUT2D eigenvalue weighted by Gasteiger charge is 2.33. The molecule has 0 saturated carbocycles. The van der Waals surface area contributed by atoms with Crippen LogP contribution in [-0.4, -0.2) is 68.2 Å². The summed E-state index contributed by atoms with van der Waals surface area (Å²) >= 11 is 1.57. The molecule has 0 radical (unpaired) electrons. The first-order valence-electron chi connectivity index (χ1n) is 12.6. The van der Waals surface area contributed by atoms with Crippen LogP contribution in [0.2, 0.25) is 0 Å². The molecule has 0 atom stereocenters. The Balaban J connectivity index is 1.32. The van der Waals surface area contributed by atoms with Crippen molar-refractivity contribution in [3.63, 3.8) is 0 Å². The van der Waals surface area contributed by atoms with Gasteiger partial charge in [-0.2, -0.15) is 5.10 Å². The van der Waals surface area contributed by atoms with Crippen LogP contribution in [0.5, 0.6) is 5.75 Å². The van der Waals surface area contributed by atoms with Gasteiger partial charge in [0, 0.05) is 11.1 Å². The smallest absolute Gasteiger partial charge is 0.480 e. The normalized spacial score (nSPS) is 15.0. The zero-order valence-electron chi connectivity index (χ0n) is 21.2. The standard InChI is InChI=1S/C27H26F3N5O4S/c28-27(29,30)39-23-8-4-2-6-20(23)25(38)31-14-18-13-22-19-5-1-3-7-21(19)32-26(35(22)33-18)40-16-17-9-11-34(12-10-17)15-24(36)37/h1-8,13,17H,9-12,14-16H2,(H,31,38)(H,36,37). The van der Waals surface area contributed by atoms with Gasteiger partial charge in [-0.05, 0) is 56.1 Å². The Bertz CT molecular complexity index is 1540. The Labute approximate surface area is 231 Å². The van der Waals surface area contributed by atoms with Crippen molar-refractivity contribution in [2.75, 3.05) is 25.4 Å². The summed E-state index contributed by atoms with van der Waals surface area (Å²) in [6.45, 7) is 1.52. The first kappa shape index (κ1) is 27.7. The molecule has 40 heavy (non-hydrogen) atoms. The van der Waals surface area contributed by atoms with Crippen LogP contribution < -0.4 is 10.1 Å². The number of aromatic nitrogens is 3. The third kappa shape index (κ3) is 6.65. The number of benzene rings is 2. The number of aliphatic carboxylic acids is 1. The van der Waals surface area contributed by atoms with E-state index in [0.29, 0.717) is 16.8 Å². The molecule has 1 aliphatic rings. The molecular weight excluding hydrogens is 547 g/mol. The predicted molar refractivity (Wildman–Crippen MR) is 142 cm³/mol. The first-order chi connectivity index (χ1) is 19.2. The average Bonchev–Trinajstić information content (AvgIpc) is 3.35. The number of para-hydroxylation sites is 2. The van der Waals surface area contributed by atoms with Crippen molar-refractivity contribution in [3.05, 3.63) is 65.9 Å². The molecule has 4 aromatic rings. The zero-order chi connectivity index (χ0) is 28.3. The molecule has 1 fully saturated rings. The summed E-state index contributed by atoms with van der Waals surface area (Å²) in [5, 5.41) is 17.9. The van der Waals surface area contributed by atoms with E-state index in [2.05, 4.69) is 15.2 Å². The number of likely N-dealkylation sites (tertiary alicyclic amines) is 1. The summed E-state index contributed by atoms with van der Waals surface area (Å²) < 4.78 is 44.0. The van der Waals surface area contributed by atoms with Crippen molar-refractivity contribution < 1.29 is 32.6 Å². The van der Waals surface area contributed by atoms with E-state index in [4.69, 9.17) is 10.1 Å². The molecule has 3 heterocycles. The molecule has 13 heteroatoms. The number of fused-ring (bicyclic) bond motifs is 3. The summed E-state index contributed by atoms with van der Waals surface area (Å²) in [6.07, 6.45) is -3.13. The number of thioether (sulfide) groups is 1. The van der Waals surface area contributed by atoms with Crippen molar-refractivity contribution in [2.45, 2.75) is 30.9 Å². The van der Waals surface area contributed by atoms with Crippen LogP contribution in [0.15, 0.2) is 59.8 Å². The van der Waals surface area contributed by atoms with Crippen molar-refractivity contribution in [1.82, 2.24) is 24.8 Å². The molecule has 2 N–H and O–H groups in total. The number of carboxylic acid groups (broad SMARTS) is 1. The second-order valence-electron chi connectivity index (χ2n) is 9.50. The third-order valence-corrected chi connectivity index (χ3v) is 7.80. The van der Waals surface area contributed by atoms with Crippen molar-refractivity contribution in [1.29, 1.82) is 0 Å². The van der Waals surface area contributed by atoms with Crippen LogP contribution in [0.4, 0.5) is 13.2 Å². The van der Waals surface area contributed by atoms with E-state index in [0.717, 1.165) is 54.2 Å². The number of ether oxygens (including phenoxy) is 1. The number of hydrogen-bond donors (Lipinski definition) is 2. The van der Waals surface area contributed by atoms with Gasteiger partial charge < -0.3 is 15.2 Å².